The van der Waals surface area contributed by atoms with Crippen LogP contribution in [0.2, 0.25) is 0 Å². The van der Waals surface area contributed by atoms with E-state index in [0.29, 0.717) is 17.7 Å². The summed E-state index contributed by atoms with van der Waals surface area (Å²) in [5.41, 5.74) is 7.63. The van der Waals surface area contributed by atoms with Gasteiger partial charge < -0.3 is 5.73 Å². The Morgan fingerprint density at radius 2 is 2.21 bits per heavy atom. The number of hydrogen-bond acceptors (Lipinski definition) is 2. The molecular formula is C11H12BrNO. The summed E-state index contributed by atoms with van der Waals surface area (Å²) < 4.78 is 0.877. The lowest BCUT2D eigenvalue weighted by Crippen LogP contribution is -2.03. The molecule has 0 saturated heterocycles. The number of Topliss-reactive ketones (excluding diaryl/α,β-unsaturated/α-hetero) is 1. The van der Waals surface area contributed by atoms with Crippen molar-refractivity contribution in [2.75, 3.05) is 5.73 Å². The molecule has 2 N–H and O–H groups in total. The highest BCUT2D eigenvalue weighted by molar-refractivity contribution is 9.10. The normalized spacial score (nSPS) is 9.86. The molecule has 14 heavy (non-hydrogen) atoms. The average Bonchev–Trinajstić information content (AvgIpc) is 2.01. The number of rotatable bonds is 3. The molecule has 74 valence electrons. The maximum absolute atomic E-state index is 11.6. The van der Waals surface area contributed by atoms with Crippen molar-refractivity contribution in [3.05, 3.63) is 40.4 Å². The predicted molar refractivity (Wildman–Crippen MR) is 62.3 cm³/mol. The first kappa shape index (κ1) is 11.0. The van der Waals surface area contributed by atoms with Crippen molar-refractivity contribution in [1.82, 2.24) is 0 Å². The van der Waals surface area contributed by atoms with Crippen LogP contribution in [-0.2, 0) is 0 Å². The first-order valence-electron chi connectivity index (χ1n) is 4.23. The molecule has 0 saturated carbocycles. The molecule has 0 atom stereocenters. The molecular weight excluding hydrogens is 242 g/mol. The maximum Gasteiger partial charge on any atom is 0.168 e. The molecule has 0 aliphatic rings. The Morgan fingerprint density at radius 3 is 2.71 bits per heavy atom. The number of ketones is 1. The first-order chi connectivity index (χ1) is 6.50. The molecule has 0 aromatic heterocycles. The fourth-order valence-corrected chi connectivity index (χ4v) is 1.54. The lowest BCUT2D eigenvalue weighted by atomic mass is 10.0. The molecule has 0 spiro atoms. The van der Waals surface area contributed by atoms with Gasteiger partial charge in [0.05, 0.1) is 0 Å². The Morgan fingerprint density at radius 1 is 1.57 bits per heavy atom. The molecule has 0 aliphatic carbocycles. The minimum absolute atomic E-state index is 0.0162. The van der Waals surface area contributed by atoms with Crippen molar-refractivity contribution in [2.45, 2.75) is 13.3 Å². The summed E-state index contributed by atoms with van der Waals surface area (Å²) in [5.74, 6) is 0.0162. The van der Waals surface area contributed by atoms with Gasteiger partial charge in [-0.3, -0.25) is 4.79 Å². The minimum atomic E-state index is 0.0162. The van der Waals surface area contributed by atoms with Crippen LogP contribution in [0.5, 0.6) is 0 Å². The number of anilines is 1. The van der Waals surface area contributed by atoms with Crippen LogP contribution >= 0.6 is 15.9 Å². The monoisotopic (exact) mass is 253 g/mol. The molecule has 3 heteroatoms. The smallest absolute Gasteiger partial charge is 0.168 e. The molecule has 1 rings (SSSR count). The van der Waals surface area contributed by atoms with E-state index in [0.717, 1.165) is 10.0 Å². The standard InChI is InChI=1S/C11H12BrNO/c1-7(2)5-11(14)9-4-3-8(12)6-10(9)13/h3-4,6H,1,5,13H2,2H3. The van der Waals surface area contributed by atoms with Gasteiger partial charge in [-0.05, 0) is 25.1 Å². The molecule has 1 aromatic carbocycles. The number of carbonyl (C=O) groups is 1. The third-order valence-corrected chi connectivity index (χ3v) is 2.27. The molecule has 0 amide bonds. The number of nitrogens with two attached hydrogens (primary N) is 1. The van der Waals surface area contributed by atoms with Crippen LogP contribution in [0.15, 0.2) is 34.8 Å². The van der Waals surface area contributed by atoms with E-state index in [2.05, 4.69) is 22.5 Å². The zero-order valence-electron chi connectivity index (χ0n) is 8.01. The highest BCUT2D eigenvalue weighted by Gasteiger charge is 2.09. The van der Waals surface area contributed by atoms with Crippen molar-refractivity contribution < 1.29 is 4.79 Å². The van der Waals surface area contributed by atoms with E-state index >= 15 is 0 Å². The van der Waals surface area contributed by atoms with Crippen molar-refractivity contribution >= 4 is 27.4 Å². The Kier molecular flexibility index (Phi) is 3.47. The molecule has 0 unspecified atom stereocenters. The number of benzene rings is 1. The van der Waals surface area contributed by atoms with Crippen molar-refractivity contribution in [1.29, 1.82) is 0 Å². The number of carbonyl (C=O) groups excluding carboxylic acids is 1. The van der Waals surface area contributed by atoms with Gasteiger partial charge in [0.15, 0.2) is 5.78 Å². The maximum atomic E-state index is 11.6. The topological polar surface area (TPSA) is 43.1 Å². The van der Waals surface area contributed by atoms with E-state index in [-0.39, 0.29) is 5.78 Å². The predicted octanol–water partition coefficient (Wildman–Crippen LogP) is 3.18. The van der Waals surface area contributed by atoms with Gasteiger partial charge in [0.25, 0.3) is 0 Å². The van der Waals surface area contributed by atoms with Crippen LogP contribution in [0.1, 0.15) is 23.7 Å². The van der Waals surface area contributed by atoms with Gasteiger partial charge in [-0.25, -0.2) is 0 Å². The second-order valence-electron chi connectivity index (χ2n) is 3.29. The van der Waals surface area contributed by atoms with Gasteiger partial charge in [-0.2, -0.15) is 0 Å². The van der Waals surface area contributed by atoms with Gasteiger partial charge >= 0.3 is 0 Å². The average molecular weight is 254 g/mol. The third-order valence-electron chi connectivity index (χ3n) is 1.78. The van der Waals surface area contributed by atoms with Crippen molar-refractivity contribution in [3.8, 4) is 0 Å². The highest BCUT2D eigenvalue weighted by Crippen LogP contribution is 2.20. The van der Waals surface area contributed by atoms with Crippen molar-refractivity contribution in [2.24, 2.45) is 0 Å². The number of allylic oxidation sites excluding steroid dienone is 1. The van der Waals surface area contributed by atoms with E-state index in [4.69, 9.17) is 5.73 Å². The Labute approximate surface area is 91.9 Å². The number of hydrogen-bond donors (Lipinski definition) is 1. The van der Waals surface area contributed by atoms with Crippen LogP contribution in [-0.4, -0.2) is 5.78 Å². The summed E-state index contributed by atoms with van der Waals surface area (Å²) in [6, 6.07) is 5.26. The van der Waals surface area contributed by atoms with E-state index < -0.39 is 0 Å². The third kappa shape index (κ3) is 2.70. The van der Waals surface area contributed by atoms with Crippen LogP contribution in [0, 0.1) is 0 Å². The summed E-state index contributed by atoms with van der Waals surface area (Å²) >= 11 is 3.29. The Balaban J connectivity index is 2.96. The summed E-state index contributed by atoms with van der Waals surface area (Å²) in [6.45, 7) is 5.52. The fraction of sp³-hybridized carbons (Fsp3) is 0.182. The van der Waals surface area contributed by atoms with Crippen LogP contribution in [0.25, 0.3) is 0 Å². The van der Waals surface area contributed by atoms with Crippen LogP contribution in [0.4, 0.5) is 5.69 Å². The van der Waals surface area contributed by atoms with Gasteiger partial charge in [-0.1, -0.05) is 28.1 Å². The van der Waals surface area contributed by atoms with E-state index in [1.54, 1.807) is 12.1 Å². The summed E-state index contributed by atoms with van der Waals surface area (Å²) in [5, 5.41) is 0. The second kappa shape index (κ2) is 4.42. The van der Waals surface area contributed by atoms with Crippen LogP contribution in [0.3, 0.4) is 0 Å². The number of halogens is 1. The molecule has 0 bridgehead atoms. The zero-order chi connectivity index (χ0) is 10.7. The fourth-order valence-electron chi connectivity index (χ4n) is 1.16. The molecule has 0 fully saturated rings. The lowest BCUT2D eigenvalue weighted by Gasteiger charge is -2.04. The quantitative estimate of drug-likeness (QED) is 0.511. The Hall–Kier alpha value is -1.09. The van der Waals surface area contributed by atoms with Gasteiger partial charge in [0.2, 0.25) is 0 Å². The van der Waals surface area contributed by atoms with Gasteiger partial charge in [0, 0.05) is 22.1 Å². The van der Waals surface area contributed by atoms with E-state index in [1.165, 1.54) is 0 Å². The summed E-state index contributed by atoms with van der Waals surface area (Å²) in [7, 11) is 0. The molecule has 1 aromatic rings. The van der Waals surface area contributed by atoms with Crippen molar-refractivity contribution in [3.63, 3.8) is 0 Å². The SMILES string of the molecule is C=C(C)CC(=O)c1ccc(Br)cc1N. The molecule has 2 nitrogen and oxygen atoms in total. The lowest BCUT2D eigenvalue weighted by molar-refractivity contribution is 0.0994. The molecule has 0 aliphatic heterocycles. The number of nitrogen functional groups attached to an aromatic ring is 1. The first-order valence-corrected chi connectivity index (χ1v) is 5.02. The molecule has 0 heterocycles. The highest BCUT2D eigenvalue weighted by atomic mass is 79.9. The summed E-state index contributed by atoms with van der Waals surface area (Å²) in [4.78, 5) is 11.6. The Bertz CT molecular complexity index is 385. The zero-order valence-corrected chi connectivity index (χ0v) is 9.60. The summed E-state index contributed by atoms with van der Waals surface area (Å²) in [6.07, 6.45) is 0.353. The van der Waals surface area contributed by atoms with E-state index in [1.807, 2.05) is 13.0 Å². The largest absolute Gasteiger partial charge is 0.398 e. The van der Waals surface area contributed by atoms with Gasteiger partial charge in [0.1, 0.15) is 0 Å². The minimum Gasteiger partial charge on any atom is -0.398 e. The van der Waals surface area contributed by atoms with Gasteiger partial charge in [-0.15, -0.1) is 0 Å². The van der Waals surface area contributed by atoms with Crippen LogP contribution < -0.4 is 5.73 Å². The molecule has 0 radical (unpaired) electrons. The second-order valence-corrected chi connectivity index (χ2v) is 4.20. The van der Waals surface area contributed by atoms with E-state index in [9.17, 15) is 4.79 Å².